The van der Waals surface area contributed by atoms with Gasteiger partial charge in [0.25, 0.3) is 0 Å². The van der Waals surface area contributed by atoms with Crippen LogP contribution in [0.1, 0.15) is 113 Å². The lowest BCUT2D eigenvalue weighted by Crippen LogP contribution is -2.51. The second kappa shape index (κ2) is 9.45. The second-order valence-corrected chi connectivity index (χ2v) is 18.3. The van der Waals surface area contributed by atoms with E-state index < -0.39 is 8.32 Å². The summed E-state index contributed by atoms with van der Waals surface area (Å²) < 4.78 is 13.0. The number of allylic oxidation sites excluding steroid dienone is 1. The SMILES string of the molecule is C=C1CC[C@H]2C(C)(C)CCC[C@]2(C)[C@H]1C[C@@H](O[Si](C(C)C)(C(C)C)C(C)C)c1ccoc1. The van der Waals surface area contributed by atoms with Crippen LogP contribution in [0.3, 0.4) is 0 Å². The monoisotopic (exact) mass is 458 g/mol. The van der Waals surface area contributed by atoms with E-state index in [0.717, 1.165) is 12.3 Å². The molecule has 0 unspecified atom stereocenters. The lowest BCUT2D eigenvalue weighted by Gasteiger charge is -2.58. The van der Waals surface area contributed by atoms with Crippen molar-refractivity contribution in [2.75, 3.05) is 0 Å². The lowest BCUT2D eigenvalue weighted by atomic mass is 9.47. The van der Waals surface area contributed by atoms with Crippen molar-refractivity contribution in [2.45, 2.75) is 124 Å². The van der Waals surface area contributed by atoms with Gasteiger partial charge in [-0.25, -0.2) is 0 Å². The molecule has 0 bridgehead atoms. The molecule has 3 heteroatoms. The van der Waals surface area contributed by atoms with Gasteiger partial charge in [0.15, 0.2) is 0 Å². The molecular formula is C29H50O2Si. The maximum Gasteiger partial charge on any atom is 0.201 e. The summed E-state index contributed by atoms with van der Waals surface area (Å²) in [6.45, 7) is 26.6. The Bertz CT molecular complexity index is 738. The van der Waals surface area contributed by atoms with Crippen LogP contribution in [0.25, 0.3) is 0 Å². The molecule has 182 valence electrons. The number of furan rings is 1. The molecule has 4 atom stereocenters. The zero-order valence-corrected chi connectivity index (χ0v) is 23.5. The van der Waals surface area contributed by atoms with Crippen molar-refractivity contribution < 1.29 is 8.84 Å². The smallest absolute Gasteiger partial charge is 0.201 e. The van der Waals surface area contributed by atoms with Gasteiger partial charge in [0.2, 0.25) is 8.32 Å². The van der Waals surface area contributed by atoms with Crippen molar-refractivity contribution in [3.05, 3.63) is 36.3 Å². The van der Waals surface area contributed by atoms with Crippen LogP contribution in [0.15, 0.2) is 35.2 Å². The average Bonchev–Trinajstić information content (AvgIpc) is 3.20. The van der Waals surface area contributed by atoms with Crippen molar-refractivity contribution in [3.8, 4) is 0 Å². The van der Waals surface area contributed by atoms with Gasteiger partial charge < -0.3 is 8.84 Å². The Morgan fingerprint density at radius 2 is 1.69 bits per heavy atom. The van der Waals surface area contributed by atoms with Crippen LogP contribution < -0.4 is 0 Å². The second-order valence-electron chi connectivity index (χ2n) is 12.9. The minimum absolute atomic E-state index is 0.0926. The topological polar surface area (TPSA) is 22.4 Å². The molecule has 2 aliphatic rings. The highest BCUT2D eigenvalue weighted by atomic mass is 28.4. The highest BCUT2D eigenvalue weighted by Gasteiger charge is 2.54. The third-order valence-electron chi connectivity index (χ3n) is 9.74. The molecule has 3 rings (SSSR count). The fraction of sp³-hybridized carbons (Fsp3) is 0.793. The normalized spacial score (nSPS) is 29.6. The van der Waals surface area contributed by atoms with Crippen LogP contribution in [0.5, 0.6) is 0 Å². The van der Waals surface area contributed by atoms with Crippen LogP contribution in [0.4, 0.5) is 0 Å². The van der Waals surface area contributed by atoms with Crippen LogP contribution in [-0.2, 0) is 4.43 Å². The van der Waals surface area contributed by atoms with Gasteiger partial charge in [-0.3, -0.25) is 0 Å². The maximum atomic E-state index is 7.43. The molecule has 1 aromatic rings. The first-order chi connectivity index (χ1) is 14.9. The molecule has 1 heterocycles. The minimum Gasteiger partial charge on any atom is -0.472 e. The van der Waals surface area contributed by atoms with Crippen molar-refractivity contribution in [1.82, 2.24) is 0 Å². The summed E-state index contributed by atoms with van der Waals surface area (Å²) in [4.78, 5) is 0. The van der Waals surface area contributed by atoms with E-state index in [0.29, 0.717) is 33.4 Å². The third-order valence-corrected chi connectivity index (χ3v) is 15.8. The number of hydrogen-bond donors (Lipinski definition) is 0. The first-order valence-electron chi connectivity index (χ1n) is 13.2. The highest BCUT2D eigenvalue weighted by Crippen LogP contribution is 2.62. The van der Waals surface area contributed by atoms with Crippen molar-refractivity contribution in [3.63, 3.8) is 0 Å². The van der Waals surface area contributed by atoms with Crippen LogP contribution >= 0.6 is 0 Å². The molecule has 0 saturated heterocycles. The third kappa shape index (κ3) is 4.45. The van der Waals surface area contributed by atoms with E-state index in [2.05, 4.69) is 75.0 Å². The van der Waals surface area contributed by atoms with Gasteiger partial charge in [0.1, 0.15) is 0 Å². The fourth-order valence-electron chi connectivity index (χ4n) is 8.29. The molecule has 0 radical (unpaired) electrons. The molecule has 2 saturated carbocycles. The predicted octanol–water partition coefficient (Wildman–Crippen LogP) is 9.70. The van der Waals surface area contributed by atoms with Crippen LogP contribution in [0.2, 0.25) is 16.6 Å². The van der Waals surface area contributed by atoms with Gasteiger partial charge in [-0.2, -0.15) is 0 Å². The van der Waals surface area contributed by atoms with Crippen molar-refractivity contribution in [2.24, 2.45) is 22.7 Å². The summed E-state index contributed by atoms with van der Waals surface area (Å²) in [7, 11) is -2.02. The Morgan fingerprint density at radius 1 is 1.06 bits per heavy atom. The van der Waals surface area contributed by atoms with Gasteiger partial charge in [0.05, 0.1) is 18.6 Å². The Balaban J connectivity index is 1.99. The molecule has 0 spiro atoms. The molecule has 0 aliphatic heterocycles. The summed E-state index contributed by atoms with van der Waals surface area (Å²) in [6, 6.07) is 2.14. The van der Waals surface area contributed by atoms with E-state index in [9.17, 15) is 0 Å². The quantitative estimate of drug-likeness (QED) is 0.286. The molecule has 2 aliphatic carbocycles. The molecule has 1 aromatic heterocycles. The summed E-state index contributed by atoms with van der Waals surface area (Å²) in [5.74, 6) is 1.28. The van der Waals surface area contributed by atoms with E-state index >= 15 is 0 Å². The number of hydrogen-bond acceptors (Lipinski definition) is 2. The molecule has 32 heavy (non-hydrogen) atoms. The van der Waals surface area contributed by atoms with Gasteiger partial charge in [-0.05, 0) is 77.5 Å². The minimum atomic E-state index is -2.02. The van der Waals surface area contributed by atoms with Crippen molar-refractivity contribution in [1.29, 1.82) is 0 Å². The largest absolute Gasteiger partial charge is 0.472 e. The van der Waals surface area contributed by atoms with Gasteiger partial charge in [0, 0.05) is 5.56 Å². The summed E-state index contributed by atoms with van der Waals surface area (Å²) in [5, 5.41) is 0. The van der Waals surface area contributed by atoms with Crippen LogP contribution in [0, 0.1) is 22.7 Å². The van der Waals surface area contributed by atoms with Gasteiger partial charge >= 0.3 is 0 Å². The first kappa shape index (κ1) is 25.8. The predicted molar refractivity (Wildman–Crippen MR) is 139 cm³/mol. The summed E-state index contributed by atoms with van der Waals surface area (Å²) in [5.41, 5.74) is 5.14. The van der Waals surface area contributed by atoms with E-state index in [1.165, 1.54) is 43.2 Å². The Labute approximate surface area is 199 Å². The molecule has 0 aromatic carbocycles. The van der Waals surface area contributed by atoms with E-state index in [-0.39, 0.29) is 6.10 Å². The van der Waals surface area contributed by atoms with Crippen LogP contribution in [-0.4, -0.2) is 8.32 Å². The number of rotatable bonds is 8. The van der Waals surface area contributed by atoms with Gasteiger partial charge in [-0.1, -0.05) is 80.9 Å². The standard InChI is InChI=1S/C29H50O2Si/c1-20(2)32(21(3)4,22(5)6)31-26(24-14-17-30-19-24)18-25-23(7)12-13-27-28(8,9)15-11-16-29(25,27)10/h14,17,19-22,25-27H,7,11-13,15-16,18H2,1-6,8-10H3/t25-,26+,27-,29+/m0/s1. The Hall–Kier alpha value is -0.803. The maximum absolute atomic E-state index is 7.43. The number of fused-ring (bicyclic) bond motifs is 1. The summed E-state index contributed by atoms with van der Waals surface area (Å²) >= 11 is 0. The highest BCUT2D eigenvalue weighted by molar-refractivity contribution is 6.77. The molecular weight excluding hydrogens is 408 g/mol. The first-order valence-corrected chi connectivity index (χ1v) is 15.4. The molecule has 0 amide bonds. The Morgan fingerprint density at radius 3 is 2.22 bits per heavy atom. The Kier molecular flexibility index (Phi) is 7.62. The summed E-state index contributed by atoms with van der Waals surface area (Å²) in [6.07, 6.45) is 11.4. The average molecular weight is 459 g/mol. The van der Waals surface area contributed by atoms with Gasteiger partial charge in [-0.15, -0.1) is 0 Å². The molecule has 0 N–H and O–H groups in total. The van der Waals surface area contributed by atoms with E-state index in [1.807, 2.05) is 12.5 Å². The zero-order valence-electron chi connectivity index (χ0n) is 22.5. The van der Waals surface area contributed by atoms with Crippen molar-refractivity contribution >= 4 is 8.32 Å². The molecule has 2 nitrogen and oxygen atoms in total. The van der Waals surface area contributed by atoms with E-state index in [4.69, 9.17) is 8.84 Å². The van der Waals surface area contributed by atoms with E-state index in [1.54, 1.807) is 0 Å². The lowest BCUT2D eigenvalue weighted by molar-refractivity contribution is -0.0630. The zero-order chi connectivity index (χ0) is 23.9. The molecule has 2 fully saturated rings. The fourth-order valence-corrected chi connectivity index (χ4v) is 13.8.